The number of nitrogens with zero attached hydrogens (tertiary/aromatic N) is 2. The second-order valence-electron chi connectivity index (χ2n) is 7.43. The van der Waals surface area contributed by atoms with Gasteiger partial charge in [0, 0.05) is 36.6 Å². The van der Waals surface area contributed by atoms with Crippen molar-refractivity contribution in [1.29, 1.82) is 0 Å². The van der Waals surface area contributed by atoms with Crippen molar-refractivity contribution in [2.75, 3.05) is 30.4 Å². The minimum Gasteiger partial charge on any atom is -0.497 e. The summed E-state index contributed by atoms with van der Waals surface area (Å²) < 4.78 is 5.14. The molecular weight excluding hydrogens is 390 g/mol. The summed E-state index contributed by atoms with van der Waals surface area (Å²) in [5, 5.41) is 2.88. The molecule has 1 N–H and O–H groups in total. The maximum Gasteiger partial charge on any atom is 0.324 e. The largest absolute Gasteiger partial charge is 0.497 e. The second kappa shape index (κ2) is 9.34. The molecule has 1 heterocycles. The van der Waals surface area contributed by atoms with E-state index in [-0.39, 0.29) is 11.9 Å². The average molecular weight is 415 g/mol. The zero-order chi connectivity index (χ0) is 21.6. The summed E-state index contributed by atoms with van der Waals surface area (Å²) in [4.78, 5) is 29.4. The number of benzene rings is 3. The maximum atomic E-state index is 13.1. The molecule has 31 heavy (non-hydrogen) atoms. The third-order valence-electron chi connectivity index (χ3n) is 5.30. The zero-order valence-corrected chi connectivity index (χ0v) is 17.5. The van der Waals surface area contributed by atoms with E-state index in [9.17, 15) is 9.59 Å². The van der Waals surface area contributed by atoms with Gasteiger partial charge in [0.05, 0.1) is 7.11 Å². The SMILES string of the molecule is COc1ccc(NC(=O)c2cccc(N3CCCN(Cc4ccccc4)C3=O)c2)cc1. The van der Waals surface area contributed by atoms with Crippen LogP contribution < -0.4 is 15.0 Å². The first kappa shape index (κ1) is 20.5. The van der Waals surface area contributed by atoms with E-state index in [2.05, 4.69) is 5.32 Å². The van der Waals surface area contributed by atoms with Crippen molar-refractivity contribution < 1.29 is 14.3 Å². The standard InChI is InChI=1S/C25H25N3O3/c1-31-23-13-11-21(12-14-23)26-24(29)20-9-5-10-22(17-20)28-16-6-15-27(25(28)30)18-19-7-3-2-4-8-19/h2-5,7-14,17H,6,15-16,18H2,1H3,(H,26,29). The molecule has 6 heteroatoms. The Balaban J connectivity index is 1.47. The number of ether oxygens (including phenoxy) is 1. The van der Waals surface area contributed by atoms with Crippen LogP contribution in [-0.2, 0) is 6.54 Å². The minimum atomic E-state index is -0.224. The monoisotopic (exact) mass is 415 g/mol. The number of hydrogen-bond acceptors (Lipinski definition) is 3. The Morgan fingerprint density at radius 2 is 1.74 bits per heavy atom. The van der Waals surface area contributed by atoms with E-state index in [1.165, 1.54) is 0 Å². The van der Waals surface area contributed by atoms with Gasteiger partial charge in [-0.05, 0) is 54.4 Å². The van der Waals surface area contributed by atoms with Gasteiger partial charge < -0.3 is 15.0 Å². The lowest BCUT2D eigenvalue weighted by Gasteiger charge is -2.35. The van der Waals surface area contributed by atoms with Crippen molar-refractivity contribution in [1.82, 2.24) is 4.90 Å². The highest BCUT2D eigenvalue weighted by Crippen LogP contribution is 2.23. The van der Waals surface area contributed by atoms with Crippen LogP contribution in [-0.4, -0.2) is 37.0 Å². The molecule has 6 nitrogen and oxygen atoms in total. The van der Waals surface area contributed by atoms with Gasteiger partial charge in [0.2, 0.25) is 0 Å². The maximum absolute atomic E-state index is 13.1. The van der Waals surface area contributed by atoms with Crippen LogP contribution in [0.5, 0.6) is 5.75 Å². The molecule has 4 rings (SSSR count). The summed E-state index contributed by atoms with van der Waals surface area (Å²) in [6, 6.07) is 24.3. The van der Waals surface area contributed by atoms with Crippen molar-refractivity contribution in [2.24, 2.45) is 0 Å². The van der Waals surface area contributed by atoms with Crippen LogP contribution in [0.1, 0.15) is 22.3 Å². The normalized spacial score (nSPS) is 13.8. The summed E-state index contributed by atoms with van der Waals surface area (Å²) in [7, 11) is 1.60. The van der Waals surface area contributed by atoms with Crippen molar-refractivity contribution in [2.45, 2.75) is 13.0 Å². The molecule has 0 aromatic heterocycles. The van der Waals surface area contributed by atoms with Crippen molar-refractivity contribution >= 4 is 23.3 Å². The molecule has 0 aliphatic carbocycles. The Bertz CT molecular complexity index is 1050. The summed E-state index contributed by atoms with van der Waals surface area (Å²) in [5.41, 5.74) is 3.01. The first-order valence-corrected chi connectivity index (χ1v) is 10.3. The third kappa shape index (κ3) is 4.86. The van der Waals surface area contributed by atoms with Crippen molar-refractivity contribution in [3.8, 4) is 5.75 Å². The van der Waals surface area contributed by atoms with Gasteiger partial charge in [-0.25, -0.2) is 4.79 Å². The van der Waals surface area contributed by atoms with E-state index in [1.807, 2.05) is 47.4 Å². The van der Waals surface area contributed by atoms with Gasteiger partial charge in [0.25, 0.3) is 5.91 Å². The molecule has 1 saturated heterocycles. The molecule has 1 aliphatic heterocycles. The number of amides is 3. The zero-order valence-electron chi connectivity index (χ0n) is 17.5. The average Bonchev–Trinajstić information content (AvgIpc) is 2.82. The van der Waals surface area contributed by atoms with Crippen LogP contribution in [0, 0.1) is 0 Å². The number of nitrogens with one attached hydrogen (secondary N) is 1. The van der Waals surface area contributed by atoms with Gasteiger partial charge >= 0.3 is 6.03 Å². The molecule has 0 bridgehead atoms. The Kier molecular flexibility index (Phi) is 6.17. The lowest BCUT2D eigenvalue weighted by atomic mass is 10.1. The van der Waals surface area contributed by atoms with E-state index < -0.39 is 0 Å². The van der Waals surface area contributed by atoms with Crippen LogP contribution in [0.4, 0.5) is 16.2 Å². The molecule has 3 aromatic rings. The predicted octanol–water partition coefficient (Wildman–Crippen LogP) is 4.78. The molecule has 1 fully saturated rings. The van der Waals surface area contributed by atoms with Gasteiger partial charge in [-0.15, -0.1) is 0 Å². The van der Waals surface area contributed by atoms with Gasteiger partial charge in [-0.2, -0.15) is 0 Å². The van der Waals surface area contributed by atoms with Crippen LogP contribution in [0.15, 0.2) is 78.9 Å². The third-order valence-corrected chi connectivity index (χ3v) is 5.30. The Morgan fingerprint density at radius 1 is 0.968 bits per heavy atom. The molecule has 1 aliphatic rings. The van der Waals surface area contributed by atoms with Gasteiger partial charge in [0.15, 0.2) is 0 Å². The number of rotatable bonds is 6. The highest BCUT2D eigenvalue weighted by molar-refractivity contribution is 6.05. The minimum absolute atomic E-state index is 0.0391. The smallest absolute Gasteiger partial charge is 0.324 e. The molecule has 0 spiro atoms. The van der Waals surface area contributed by atoms with Crippen molar-refractivity contribution in [3.63, 3.8) is 0 Å². The van der Waals surface area contributed by atoms with Gasteiger partial charge in [0.1, 0.15) is 5.75 Å². The van der Waals surface area contributed by atoms with E-state index in [1.54, 1.807) is 48.4 Å². The van der Waals surface area contributed by atoms with Crippen LogP contribution >= 0.6 is 0 Å². The predicted molar refractivity (Wildman–Crippen MR) is 122 cm³/mol. The molecule has 0 radical (unpaired) electrons. The number of carbonyl (C=O) groups is 2. The number of urea groups is 1. The summed E-state index contributed by atoms with van der Waals surface area (Å²) in [6.45, 7) is 1.93. The molecule has 3 aromatic carbocycles. The first-order chi connectivity index (χ1) is 15.1. The number of anilines is 2. The molecule has 0 saturated carbocycles. The van der Waals surface area contributed by atoms with Crippen LogP contribution in [0.3, 0.4) is 0 Å². The number of carbonyl (C=O) groups excluding carboxylic acids is 2. The highest BCUT2D eigenvalue weighted by atomic mass is 16.5. The lowest BCUT2D eigenvalue weighted by molar-refractivity contribution is 0.102. The molecule has 158 valence electrons. The summed E-state index contributed by atoms with van der Waals surface area (Å²) in [5.74, 6) is 0.501. The fraction of sp³-hybridized carbons (Fsp3) is 0.200. The van der Waals surface area contributed by atoms with Gasteiger partial charge in [-0.3, -0.25) is 9.69 Å². The van der Waals surface area contributed by atoms with Gasteiger partial charge in [-0.1, -0.05) is 36.4 Å². The van der Waals surface area contributed by atoms with E-state index >= 15 is 0 Å². The number of methoxy groups -OCH3 is 1. The quantitative estimate of drug-likeness (QED) is 0.630. The van der Waals surface area contributed by atoms with E-state index in [0.717, 1.165) is 30.0 Å². The number of hydrogen-bond donors (Lipinski definition) is 1. The Morgan fingerprint density at radius 3 is 2.48 bits per heavy atom. The van der Waals surface area contributed by atoms with E-state index in [4.69, 9.17) is 4.74 Å². The Hall–Kier alpha value is -3.80. The molecule has 3 amide bonds. The Labute approximate surface area is 182 Å². The van der Waals surface area contributed by atoms with Crippen molar-refractivity contribution in [3.05, 3.63) is 90.0 Å². The lowest BCUT2D eigenvalue weighted by Crippen LogP contribution is -2.49. The molecule has 0 atom stereocenters. The van der Waals surface area contributed by atoms with Crippen LogP contribution in [0.25, 0.3) is 0 Å². The fourth-order valence-corrected chi connectivity index (χ4v) is 3.66. The molecule has 0 unspecified atom stereocenters. The first-order valence-electron chi connectivity index (χ1n) is 10.3. The molecular formula is C25H25N3O3. The fourth-order valence-electron chi connectivity index (χ4n) is 3.66. The highest BCUT2D eigenvalue weighted by Gasteiger charge is 2.27. The summed E-state index contributed by atoms with van der Waals surface area (Å²) >= 11 is 0. The van der Waals surface area contributed by atoms with Crippen LogP contribution in [0.2, 0.25) is 0 Å². The topological polar surface area (TPSA) is 61.9 Å². The van der Waals surface area contributed by atoms with E-state index in [0.29, 0.717) is 24.3 Å². The second-order valence-corrected chi connectivity index (χ2v) is 7.43. The summed E-state index contributed by atoms with van der Waals surface area (Å²) in [6.07, 6.45) is 0.876.